The molecule has 0 spiro atoms. The molecular weight excluding hydrogens is 206 g/mol. The molecule has 0 atom stereocenters. The van der Waals surface area contributed by atoms with Crippen LogP contribution < -0.4 is 0 Å². The molecule has 0 unspecified atom stereocenters. The molecule has 0 aliphatic carbocycles. The summed E-state index contributed by atoms with van der Waals surface area (Å²) in [6, 6.07) is 3.33. The lowest BCUT2D eigenvalue weighted by atomic mass is 10.1. The lowest BCUT2D eigenvalue weighted by Gasteiger charge is -2.08. The highest BCUT2D eigenvalue weighted by Gasteiger charge is 2.07. The Bertz CT molecular complexity index is 331. The molecule has 0 aliphatic rings. The summed E-state index contributed by atoms with van der Waals surface area (Å²) in [7, 11) is 0. The summed E-state index contributed by atoms with van der Waals surface area (Å²) in [5.74, 6) is -0.256. The van der Waals surface area contributed by atoms with E-state index in [0.717, 1.165) is 13.0 Å². The van der Waals surface area contributed by atoms with Crippen LogP contribution in [0.4, 0.5) is 0 Å². The predicted octanol–water partition coefficient (Wildman–Crippen LogP) is 2.25. The summed E-state index contributed by atoms with van der Waals surface area (Å²) in [6.07, 6.45) is 2.80. The number of carboxylic acids is 1. The van der Waals surface area contributed by atoms with Crippen LogP contribution in [0.3, 0.4) is 0 Å². The van der Waals surface area contributed by atoms with Gasteiger partial charge in [0.05, 0.1) is 6.61 Å². The minimum absolute atomic E-state index is 0.312. The molecule has 1 heterocycles. The van der Waals surface area contributed by atoms with Crippen LogP contribution in [0.1, 0.15) is 30.8 Å². The molecule has 0 saturated carbocycles. The fourth-order valence-electron chi connectivity index (χ4n) is 1.39. The summed E-state index contributed by atoms with van der Waals surface area (Å²) >= 11 is 0. The minimum Gasteiger partial charge on any atom is -0.477 e. The van der Waals surface area contributed by atoms with Crippen molar-refractivity contribution in [2.75, 3.05) is 13.2 Å². The number of ether oxygens (including phenoxy) is 1. The van der Waals surface area contributed by atoms with E-state index < -0.39 is 5.97 Å². The molecule has 0 aromatic carbocycles. The summed E-state index contributed by atoms with van der Waals surface area (Å²) in [4.78, 5) is 10.8. The van der Waals surface area contributed by atoms with Gasteiger partial charge in [-0.3, -0.25) is 0 Å². The molecule has 0 fully saturated rings. The molecule has 0 bridgehead atoms. The van der Waals surface area contributed by atoms with Gasteiger partial charge in [0.25, 0.3) is 0 Å². The predicted molar refractivity (Wildman–Crippen MR) is 61.7 cm³/mol. The van der Waals surface area contributed by atoms with Crippen molar-refractivity contribution in [1.82, 2.24) is 4.57 Å². The van der Waals surface area contributed by atoms with Crippen molar-refractivity contribution in [3.63, 3.8) is 0 Å². The van der Waals surface area contributed by atoms with Gasteiger partial charge in [-0.25, -0.2) is 4.79 Å². The number of aromatic nitrogens is 1. The number of nitrogens with zero attached hydrogens (tertiary/aromatic N) is 1. The van der Waals surface area contributed by atoms with Crippen molar-refractivity contribution in [2.45, 2.75) is 26.8 Å². The molecule has 1 aromatic rings. The van der Waals surface area contributed by atoms with Gasteiger partial charge in [-0.2, -0.15) is 0 Å². The smallest absolute Gasteiger partial charge is 0.352 e. The number of hydrogen-bond donors (Lipinski definition) is 1. The Morgan fingerprint density at radius 3 is 2.88 bits per heavy atom. The monoisotopic (exact) mass is 225 g/mol. The van der Waals surface area contributed by atoms with Crippen LogP contribution in [0.15, 0.2) is 18.3 Å². The summed E-state index contributed by atoms with van der Waals surface area (Å²) in [5, 5.41) is 8.87. The molecule has 1 N–H and O–H groups in total. The van der Waals surface area contributed by atoms with Crippen molar-refractivity contribution in [3.8, 4) is 0 Å². The Morgan fingerprint density at radius 2 is 2.25 bits per heavy atom. The molecular formula is C12H19NO3. The second kappa shape index (κ2) is 6.33. The number of carboxylic acid groups (broad SMARTS) is 1. The Balaban J connectivity index is 2.27. The van der Waals surface area contributed by atoms with E-state index in [-0.39, 0.29) is 0 Å². The third-order valence-corrected chi connectivity index (χ3v) is 2.36. The molecule has 1 rings (SSSR count). The van der Waals surface area contributed by atoms with Gasteiger partial charge >= 0.3 is 5.97 Å². The molecule has 0 aliphatic heterocycles. The van der Waals surface area contributed by atoms with Crippen LogP contribution >= 0.6 is 0 Å². The molecule has 4 heteroatoms. The van der Waals surface area contributed by atoms with Crippen LogP contribution in [-0.2, 0) is 11.3 Å². The van der Waals surface area contributed by atoms with E-state index in [1.165, 1.54) is 0 Å². The fraction of sp³-hybridized carbons (Fsp3) is 0.583. The van der Waals surface area contributed by atoms with E-state index in [0.29, 0.717) is 24.8 Å². The average Bonchev–Trinajstić information content (AvgIpc) is 2.65. The Kier molecular flexibility index (Phi) is 5.05. The van der Waals surface area contributed by atoms with Crippen LogP contribution in [0.5, 0.6) is 0 Å². The lowest BCUT2D eigenvalue weighted by molar-refractivity contribution is 0.0679. The molecule has 16 heavy (non-hydrogen) atoms. The van der Waals surface area contributed by atoms with Gasteiger partial charge in [0.15, 0.2) is 0 Å². The first kappa shape index (κ1) is 12.8. The van der Waals surface area contributed by atoms with E-state index in [2.05, 4.69) is 13.8 Å². The Labute approximate surface area is 95.8 Å². The van der Waals surface area contributed by atoms with Gasteiger partial charge in [0.2, 0.25) is 0 Å². The molecule has 90 valence electrons. The first-order valence-corrected chi connectivity index (χ1v) is 5.57. The van der Waals surface area contributed by atoms with Gasteiger partial charge in [-0.15, -0.1) is 0 Å². The summed E-state index contributed by atoms with van der Waals surface area (Å²) in [5.41, 5.74) is 0.312. The van der Waals surface area contributed by atoms with E-state index >= 15 is 0 Å². The van der Waals surface area contributed by atoms with Crippen LogP contribution in [0.2, 0.25) is 0 Å². The molecule has 0 amide bonds. The summed E-state index contributed by atoms with van der Waals surface area (Å²) < 4.78 is 7.13. The second-order valence-electron chi connectivity index (χ2n) is 4.19. The maximum Gasteiger partial charge on any atom is 0.352 e. The average molecular weight is 225 g/mol. The largest absolute Gasteiger partial charge is 0.477 e. The van der Waals surface area contributed by atoms with Gasteiger partial charge < -0.3 is 14.4 Å². The van der Waals surface area contributed by atoms with Crippen molar-refractivity contribution >= 4 is 5.97 Å². The highest BCUT2D eigenvalue weighted by atomic mass is 16.5. The normalized spacial score (nSPS) is 10.9. The number of hydrogen-bond acceptors (Lipinski definition) is 2. The first-order chi connectivity index (χ1) is 7.61. The zero-order valence-corrected chi connectivity index (χ0v) is 9.85. The van der Waals surface area contributed by atoms with Gasteiger partial charge in [0.1, 0.15) is 5.69 Å². The third-order valence-electron chi connectivity index (χ3n) is 2.36. The third kappa shape index (κ3) is 4.06. The highest BCUT2D eigenvalue weighted by Crippen LogP contribution is 2.03. The van der Waals surface area contributed by atoms with E-state index in [4.69, 9.17) is 9.84 Å². The van der Waals surface area contributed by atoms with Crippen molar-refractivity contribution in [2.24, 2.45) is 5.92 Å². The molecule has 0 radical (unpaired) electrons. The first-order valence-electron chi connectivity index (χ1n) is 5.57. The topological polar surface area (TPSA) is 51.5 Å². The zero-order valence-electron chi connectivity index (χ0n) is 9.85. The van der Waals surface area contributed by atoms with Gasteiger partial charge in [-0.05, 0) is 24.5 Å². The molecule has 1 aromatic heterocycles. The van der Waals surface area contributed by atoms with E-state index in [1.54, 1.807) is 22.9 Å². The number of rotatable bonds is 7. The van der Waals surface area contributed by atoms with Gasteiger partial charge in [-0.1, -0.05) is 13.8 Å². The minimum atomic E-state index is -0.896. The summed E-state index contributed by atoms with van der Waals surface area (Å²) in [6.45, 7) is 6.19. The van der Waals surface area contributed by atoms with Crippen LogP contribution in [0.25, 0.3) is 0 Å². The fourth-order valence-corrected chi connectivity index (χ4v) is 1.39. The lowest BCUT2D eigenvalue weighted by Crippen LogP contribution is -2.12. The van der Waals surface area contributed by atoms with E-state index in [9.17, 15) is 4.79 Å². The number of carbonyl (C=O) groups is 1. The molecule has 0 saturated heterocycles. The highest BCUT2D eigenvalue weighted by molar-refractivity contribution is 5.85. The zero-order chi connectivity index (χ0) is 12.0. The van der Waals surface area contributed by atoms with E-state index in [1.807, 2.05) is 0 Å². The standard InChI is InChI=1S/C12H19NO3/c1-10(2)5-8-16-9-7-13-6-3-4-11(13)12(14)15/h3-4,6,10H,5,7-9H2,1-2H3,(H,14,15). The quantitative estimate of drug-likeness (QED) is 0.724. The van der Waals surface area contributed by atoms with Crippen molar-refractivity contribution < 1.29 is 14.6 Å². The SMILES string of the molecule is CC(C)CCOCCn1cccc1C(=O)O. The van der Waals surface area contributed by atoms with Crippen LogP contribution in [0, 0.1) is 5.92 Å². The molecule has 4 nitrogen and oxygen atoms in total. The van der Waals surface area contributed by atoms with Crippen molar-refractivity contribution in [3.05, 3.63) is 24.0 Å². The maximum absolute atomic E-state index is 10.8. The Morgan fingerprint density at radius 1 is 1.50 bits per heavy atom. The van der Waals surface area contributed by atoms with Crippen LogP contribution in [-0.4, -0.2) is 28.9 Å². The van der Waals surface area contributed by atoms with Crippen molar-refractivity contribution in [1.29, 1.82) is 0 Å². The Hall–Kier alpha value is -1.29. The van der Waals surface area contributed by atoms with Gasteiger partial charge in [0, 0.05) is 19.3 Å². The maximum atomic E-state index is 10.8. The second-order valence-corrected chi connectivity index (χ2v) is 4.19. The number of aromatic carboxylic acids is 1.